The van der Waals surface area contributed by atoms with Gasteiger partial charge in [0.25, 0.3) is 0 Å². The number of nitrogens with zero attached hydrogens (tertiary/aromatic N) is 2. The van der Waals surface area contributed by atoms with E-state index in [4.69, 9.17) is 9.72 Å². The molecule has 1 fully saturated rings. The fourth-order valence-electron chi connectivity index (χ4n) is 3.74. The lowest BCUT2D eigenvalue weighted by Gasteiger charge is -2.21. The van der Waals surface area contributed by atoms with Gasteiger partial charge in [0.05, 0.1) is 11.3 Å². The van der Waals surface area contributed by atoms with Crippen molar-refractivity contribution in [3.8, 4) is 11.4 Å². The highest BCUT2D eigenvalue weighted by Crippen LogP contribution is 2.30. The van der Waals surface area contributed by atoms with E-state index in [9.17, 15) is 9.18 Å². The van der Waals surface area contributed by atoms with Crippen LogP contribution in [0.1, 0.15) is 44.6 Å². The van der Waals surface area contributed by atoms with Crippen LogP contribution < -0.4 is 0 Å². The summed E-state index contributed by atoms with van der Waals surface area (Å²) in [4.78, 5) is 21.8. The first-order chi connectivity index (χ1) is 14.6. The maximum Gasteiger partial charge on any atom is 0.316 e. The topological polar surface area (TPSA) is 52.1 Å². The summed E-state index contributed by atoms with van der Waals surface area (Å²) >= 11 is 1.38. The SMILES string of the molecule is CCc1ccc2nc(-c3ccc(F)cc3)nc(SCC(=O)OC3CCCCC3)c2c1. The Morgan fingerprint density at radius 1 is 1.10 bits per heavy atom. The van der Waals surface area contributed by atoms with Crippen LogP contribution in [-0.2, 0) is 16.0 Å². The molecular formula is C24H25FN2O2S. The molecule has 0 radical (unpaired) electrons. The molecule has 30 heavy (non-hydrogen) atoms. The van der Waals surface area contributed by atoms with Crippen LogP contribution in [0.5, 0.6) is 0 Å². The van der Waals surface area contributed by atoms with Crippen molar-refractivity contribution in [3.05, 3.63) is 53.8 Å². The van der Waals surface area contributed by atoms with Gasteiger partial charge in [-0.3, -0.25) is 4.79 Å². The first-order valence-electron chi connectivity index (χ1n) is 10.5. The van der Waals surface area contributed by atoms with Crippen molar-refractivity contribution < 1.29 is 13.9 Å². The molecule has 0 atom stereocenters. The highest BCUT2D eigenvalue weighted by Gasteiger charge is 2.19. The molecule has 0 unspecified atom stereocenters. The number of rotatable bonds is 6. The second-order valence-electron chi connectivity index (χ2n) is 7.60. The number of carbonyl (C=O) groups excluding carboxylic acids is 1. The van der Waals surface area contributed by atoms with Crippen molar-refractivity contribution in [1.29, 1.82) is 0 Å². The molecule has 0 aliphatic heterocycles. The number of hydrogen-bond donors (Lipinski definition) is 0. The van der Waals surface area contributed by atoms with Crippen LogP contribution in [-0.4, -0.2) is 27.8 Å². The summed E-state index contributed by atoms with van der Waals surface area (Å²) in [5.41, 5.74) is 2.74. The fraction of sp³-hybridized carbons (Fsp3) is 0.375. The van der Waals surface area contributed by atoms with Gasteiger partial charge >= 0.3 is 5.97 Å². The zero-order valence-corrected chi connectivity index (χ0v) is 17.9. The van der Waals surface area contributed by atoms with Gasteiger partial charge in [-0.2, -0.15) is 0 Å². The van der Waals surface area contributed by atoms with E-state index in [-0.39, 0.29) is 23.6 Å². The van der Waals surface area contributed by atoms with E-state index in [1.165, 1.54) is 35.9 Å². The molecule has 4 nitrogen and oxygen atoms in total. The van der Waals surface area contributed by atoms with E-state index >= 15 is 0 Å². The summed E-state index contributed by atoms with van der Waals surface area (Å²) in [5, 5.41) is 1.67. The number of esters is 1. The average molecular weight is 425 g/mol. The van der Waals surface area contributed by atoms with E-state index in [0.717, 1.165) is 53.6 Å². The van der Waals surface area contributed by atoms with E-state index in [1.807, 2.05) is 6.07 Å². The molecule has 0 N–H and O–H groups in total. The van der Waals surface area contributed by atoms with Gasteiger partial charge in [0, 0.05) is 10.9 Å². The molecule has 1 aromatic heterocycles. The van der Waals surface area contributed by atoms with Crippen molar-refractivity contribution in [2.75, 3.05) is 5.75 Å². The van der Waals surface area contributed by atoms with E-state index in [0.29, 0.717) is 5.82 Å². The Balaban J connectivity index is 1.60. The minimum Gasteiger partial charge on any atom is -0.462 e. The van der Waals surface area contributed by atoms with Crippen molar-refractivity contribution in [2.45, 2.75) is 56.6 Å². The lowest BCUT2D eigenvalue weighted by Crippen LogP contribution is -2.21. The minimum atomic E-state index is -0.299. The van der Waals surface area contributed by atoms with Crippen LogP contribution in [0.4, 0.5) is 4.39 Å². The van der Waals surface area contributed by atoms with Crippen LogP contribution >= 0.6 is 11.8 Å². The smallest absolute Gasteiger partial charge is 0.316 e. The predicted octanol–water partition coefficient (Wildman–Crippen LogP) is 5.97. The molecule has 4 rings (SSSR count). The number of carbonyl (C=O) groups is 1. The van der Waals surface area contributed by atoms with Crippen LogP contribution in [0.15, 0.2) is 47.5 Å². The second kappa shape index (κ2) is 9.56. The highest BCUT2D eigenvalue weighted by molar-refractivity contribution is 8.00. The van der Waals surface area contributed by atoms with E-state index in [2.05, 4.69) is 24.0 Å². The Kier molecular flexibility index (Phi) is 6.62. The van der Waals surface area contributed by atoms with Crippen LogP contribution in [0.2, 0.25) is 0 Å². The highest BCUT2D eigenvalue weighted by atomic mass is 32.2. The molecule has 6 heteroatoms. The van der Waals surface area contributed by atoms with Gasteiger partial charge in [-0.25, -0.2) is 14.4 Å². The lowest BCUT2D eigenvalue weighted by atomic mass is 9.98. The van der Waals surface area contributed by atoms with E-state index in [1.54, 1.807) is 12.1 Å². The van der Waals surface area contributed by atoms with Crippen LogP contribution in [0.25, 0.3) is 22.3 Å². The van der Waals surface area contributed by atoms with Gasteiger partial charge in [-0.15, -0.1) is 0 Å². The number of benzene rings is 2. The average Bonchev–Trinajstić information content (AvgIpc) is 2.78. The van der Waals surface area contributed by atoms with Gasteiger partial charge in [0.2, 0.25) is 0 Å². The minimum absolute atomic E-state index is 0.0514. The van der Waals surface area contributed by atoms with Gasteiger partial charge < -0.3 is 4.74 Å². The Labute approximate surface area is 180 Å². The molecule has 0 bridgehead atoms. The molecule has 156 valence electrons. The Morgan fingerprint density at radius 3 is 2.60 bits per heavy atom. The molecule has 0 spiro atoms. The summed E-state index contributed by atoms with van der Waals surface area (Å²) in [6.07, 6.45) is 6.36. The molecule has 0 amide bonds. The zero-order valence-electron chi connectivity index (χ0n) is 17.1. The van der Waals surface area contributed by atoms with Crippen molar-refractivity contribution in [3.63, 3.8) is 0 Å². The fourth-order valence-corrected chi connectivity index (χ4v) is 4.53. The molecule has 0 saturated heterocycles. The number of halogens is 1. The molecule has 1 aliphatic carbocycles. The zero-order chi connectivity index (χ0) is 20.9. The molecular weight excluding hydrogens is 399 g/mol. The molecule has 3 aromatic rings. The lowest BCUT2D eigenvalue weighted by molar-refractivity contribution is -0.147. The van der Waals surface area contributed by atoms with Crippen molar-refractivity contribution >= 4 is 28.6 Å². The van der Waals surface area contributed by atoms with Gasteiger partial charge in [-0.05, 0) is 74.1 Å². The first kappa shape index (κ1) is 20.8. The third-order valence-corrected chi connectivity index (χ3v) is 6.38. The largest absolute Gasteiger partial charge is 0.462 e. The standard InChI is InChI=1S/C24H25FN2O2S/c1-2-16-8-13-21-20(14-16)24(27-23(26-21)17-9-11-18(25)12-10-17)30-15-22(28)29-19-6-4-3-5-7-19/h8-14,19H,2-7,15H2,1H3. The third kappa shape index (κ3) is 4.98. The Bertz CT molecular complexity index is 1030. The van der Waals surface area contributed by atoms with Crippen molar-refractivity contribution in [1.82, 2.24) is 9.97 Å². The Morgan fingerprint density at radius 2 is 1.87 bits per heavy atom. The molecule has 1 saturated carbocycles. The van der Waals surface area contributed by atoms with Gasteiger partial charge in [0.1, 0.15) is 16.9 Å². The quantitative estimate of drug-likeness (QED) is 0.277. The van der Waals surface area contributed by atoms with Gasteiger partial charge in [-0.1, -0.05) is 31.2 Å². The van der Waals surface area contributed by atoms with Crippen LogP contribution in [0.3, 0.4) is 0 Å². The maximum atomic E-state index is 13.3. The first-order valence-corrected chi connectivity index (χ1v) is 11.5. The number of aryl methyl sites for hydroxylation is 1. The third-order valence-electron chi connectivity index (χ3n) is 5.41. The summed E-state index contributed by atoms with van der Waals surface area (Å²) in [5.74, 6) is 0.234. The number of fused-ring (bicyclic) bond motifs is 1. The number of aromatic nitrogens is 2. The number of thioether (sulfide) groups is 1. The van der Waals surface area contributed by atoms with E-state index < -0.39 is 0 Å². The van der Waals surface area contributed by atoms with Gasteiger partial charge in [0.15, 0.2) is 5.82 Å². The normalized spacial score (nSPS) is 14.7. The molecule has 1 heterocycles. The second-order valence-corrected chi connectivity index (χ2v) is 8.57. The summed E-state index contributed by atoms with van der Waals surface area (Å²) in [6.45, 7) is 2.10. The summed E-state index contributed by atoms with van der Waals surface area (Å²) < 4.78 is 19.0. The van der Waals surface area contributed by atoms with Crippen LogP contribution in [0, 0.1) is 5.82 Å². The summed E-state index contributed by atoms with van der Waals surface area (Å²) in [6, 6.07) is 12.3. The number of hydrogen-bond acceptors (Lipinski definition) is 5. The molecule has 2 aromatic carbocycles. The Hall–Kier alpha value is -2.47. The number of ether oxygens (including phenoxy) is 1. The maximum absolute atomic E-state index is 13.3. The van der Waals surface area contributed by atoms with Crippen molar-refractivity contribution in [2.24, 2.45) is 0 Å². The molecule has 1 aliphatic rings. The monoisotopic (exact) mass is 424 g/mol. The summed E-state index contributed by atoms with van der Waals surface area (Å²) in [7, 11) is 0. The predicted molar refractivity (Wildman–Crippen MR) is 118 cm³/mol.